The van der Waals surface area contributed by atoms with Gasteiger partial charge in [-0.2, -0.15) is 4.31 Å². The summed E-state index contributed by atoms with van der Waals surface area (Å²) in [7, 11) is -3.20. The summed E-state index contributed by atoms with van der Waals surface area (Å²) in [6.07, 6.45) is 0. The predicted octanol–water partition coefficient (Wildman–Crippen LogP) is -0.259. The second kappa shape index (κ2) is 6.99. The number of rotatable bonds is 7. The first kappa shape index (κ1) is 16.8. The molecule has 1 aliphatic heterocycles. The summed E-state index contributed by atoms with van der Waals surface area (Å²) in [6.45, 7) is 9.04. The van der Waals surface area contributed by atoms with Gasteiger partial charge in [0.1, 0.15) is 0 Å². The maximum atomic E-state index is 12.0. The van der Waals surface area contributed by atoms with Gasteiger partial charge in [-0.15, -0.1) is 0 Å². The molecule has 1 saturated heterocycles. The Labute approximate surface area is 116 Å². The number of β-amino-alcohol motifs (C(OH)–C–C–N with tert-alkyl or cyclic N) is 1. The lowest BCUT2D eigenvalue weighted by Gasteiger charge is -2.36. The molecule has 0 aromatic heterocycles. The monoisotopic (exact) mass is 294 g/mol. The average molecular weight is 294 g/mol. The minimum Gasteiger partial charge on any atom is -0.389 e. The second-order valence-corrected chi connectivity index (χ2v) is 7.59. The zero-order chi connectivity index (χ0) is 14.5. The Morgan fingerprint density at radius 1 is 1.21 bits per heavy atom. The SMILES string of the molecule is CCOCCS(=O)(=O)N1CCN(CC(C)(C)O)CC1. The average Bonchev–Trinajstić information content (AvgIpc) is 2.27. The fraction of sp³-hybridized carbons (Fsp3) is 1.00. The van der Waals surface area contributed by atoms with Crippen LogP contribution in [0.15, 0.2) is 0 Å². The van der Waals surface area contributed by atoms with E-state index in [9.17, 15) is 13.5 Å². The van der Waals surface area contributed by atoms with Crippen LogP contribution >= 0.6 is 0 Å². The number of ether oxygens (including phenoxy) is 1. The molecule has 1 aliphatic rings. The van der Waals surface area contributed by atoms with Crippen molar-refractivity contribution < 1.29 is 18.3 Å². The number of aliphatic hydroxyl groups is 1. The van der Waals surface area contributed by atoms with E-state index in [-0.39, 0.29) is 12.4 Å². The number of piperazine rings is 1. The normalized spacial score (nSPS) is 19.8. The fourth-order valence-corrected chi connectivity index (χ4v) is 3.46. The molecule has 0 amide bonds. The van der Waals surface area contributed by atoms with Crippen LogP contribution in [0, 0.1) is 0 Å². The van der Waals surface area contributed by atoms with Crippen LogP contribution in [-0.4, -0.2) is 80.0 Å². The first-order chi connectivity index (χ1) is 8.74. The zero-order valence-corrected chi connectivity index (χ0v) is 12.9. The van der Waals surface area contributed by atoms with E-state index in [0.717, 1.165) is 0 Å². The van der Waals surface area contributed by atoms with Gasteiger partial charge in [-0.05, 0) is 20.8 Å². The molecule has 6 nitrogen and oxygen atoms in total. The van der Waals surface area contributed by atoms with Gasteiger partial charge in [-0.25, -0.2) is 8.42 Å². The summed E-state index contributed by atoms with van der Waals surface area (Å²) in [5.41, 5.74) is -0.740. The van der Waals surface area contributed by atoms with Gasteiger partial charge in [-0.1, -0.05) is 0 Å². The molecule has 0 aliphatic carbocycles. The third-order valence-corrected chi connectivity index (χ3v) is 4.86. The molecule has 1 fully saturated rings. The molecule has 0 saturated carbocycles. The highest BCUT2D eigenvalue weighted by molar-refractivity contribution is 7.89. The van der Waals surface area contributed by atoms with Crippen LogP contribution in [0.25, 0.3) is 0 Å². The van der Waals surface area contributed by atoms with Crippen LogP contribution in [0.3, 0.4) is 0 Å². The van der Waals surface area contributed by atoms with Gasteiger partial charge in [0.15, 0.2) is 0 Å². The van der Waals surface area contributed by atoms with Gasteiger partial charge in [0.25, 0.3) is 0 Å². The highest BCUT2D eigenvalue weighted by Crippen LogP contribution is 2.11. The highest BCUT2D eigenvalue weighted by atomic mass is 32.2. The molecule has 0 radical (unpaired) electrons. The minimum atomic E-state index is -3.20. The van der Waals surface area contributed by atoms with Crippen LogP contribution in [0.2, 0.25) is 0 Å². The quantitative estimate of drug-likeness (QED) is 0.655. The zero-order valence-electron chi connectivity index (χ0n) is 12.1. The minimum absolute atomic E-state index is 0.0479. The van der Waals surface area contributed by atoms with E-state index in [1.54, 1.807) is 13.8 Å². The lowest BCUT2D eigenvalue weighted by atomic mass is 10.1. The van der Waals surface area contributed by atoms with E-state index in [0.29, 0.717) is 39.3 Å². The summed E-state index contributed by atoms with van der Waals surface area (Å²) in [5, 5.41) is 9.75. The van der Waals surface area contributed by atoms with Crippen molar-refractivity contribution in [2.24, 2.45) is 0 Å². The number of hydrogen-bond donors (Lipinski definition) is 1. The summed E-state index contributed by atoms with van der Waals surface area (Å²) < 4.78 is 30.7. The third-order valence-electron chi connectivity index (χ3n) is 3.02. The summed E-state index contributed by atoms with van der Waals surface area (Å²) >= 11 is 0. The molecule has 0 aromatic carbocycles. The van der Waals surface area contributed by atoms with Crippen LogP contribution in [0.5, 0.6) is 0 Å². The molecule has 1 rings (SSSR count). The smallest absolute Gasteiger partial charge is 0.216 e. The first-order valence-corrected chi connectivity index (χ1v) is 8.36. The number of sulfonamides is 1. The highest BCUT2D eigenvalue weighted by Gasteiger charge is 2.28. The molecule has 1 N–H and O–H groups in total. The standard InChI is InChI=1S/C12H26N2O4S/c1-4-18-9-10-19(16,17)14-7-5-13(6-8-14)11-12(2,3)15/h15H,4-11H2,1-3H3. The van der Waals surface area contributed by atoms with Gasteiger partial charge in [0.05, 0.1) is 18.0 Å². The summed E-state index contributed by atoms with van der Waals surface area (Å²) in [6, 6.07) is 0. The van der Waals surface area contributed by atoms with E-state index in [1.165, 1.54) is 4.31 Å². The van der Waals surface area contributed by atoms with Crippen molar-refractivity contribution in [3.05, 3.63) is 0 Å². The summed E-state index contributed by atoms with van der Waals surface area (Å²) in [4.78, 5) is 2.09. The van der Waals surface area contributed by atoms with Crippen LogP contribution in [0.1, 0.15) is 20.8 Å². The first-order valence-electron chi connectivity index (χ1n) is 6.75. The van der Waals surface area contributed by atoms with Crippen LogP contribution < -0.4 is 0 Å². The van der Waals surface area contributed by atoms with Gasteiger partial charge >= 0.3 is 0 Å². The van der Waals surface area contributed by atoms with Crippen molar-refractivity contribution >= 4 is 10.0 Å². The van der Waals surface area contributed by atoms with Gasteiger partial charge in [0, 0.05) is 39.3 Å². The Balaban J connectivity index is 2.40. The largest absolute Gasteiger partial charge is 0.389 e. The van der Waals surface area contributed by atoms with E-state index in [2.05, 4.69) is 4.90 Å². The lowest BCUT2D eigenvalue weighted by Crippen LogP contribution is -2.52. The molecular weight excluding hydrogens is 268 g/mol. The van der Waals surface area contributed by atoms with E-state index >= 15 is 0 Å². The van der Waals surface area contributed by atoms with Crippen molar-refractivity contribution in [3.8, 4) is 0 Å². The third kappa shape index (κ3) is 6.18. The van der Waals surface area contributed by atoms with E-state index in [4.69, 9.17) is 4.74 Å². The molecule has 0 bridgehead atoms. The Kier molecular flexibility index (Phi) is 6.19. The Morgan fingerprint density at radius 3 is 2.26 bits per heavy atom. The molecular formula is C12H26N2O4S. The van der Waals surface area contributed by atoms with Gasteiger partial charge in [0.2, 0.25) is 10.0 Å². The molecule has 0 aromatic rings. The molecule has 7 heteroatoms. The molecule has 114 valence electrons. The Bertz CT molecular complexity index is 356. The molecule has 0 spiro atoms. The predicted molar refractivity (Wildman–Crippen MR) is 74.6 cm³/mol. The van der Waals surface area contributed by atoms with Crippen molar-refractivity contribution in [1.82, 2.24) is 9.21 Å². The number of hydrogen-bond acceptors (Lipinski definition) is 5. The van der Waals surface area contributed by atoms with Crippen LogP contribution in [-0.2, 0) is 14.8 Å². The van der Waals surface area contributed by atoms with Crippen LogP contribution in [0.4, 0.5) is 0 Å². The summed E-state index contributed by atoms with van der Waals surface area (Å²) in [5.74, 6) is 0.0479. The van der Waals surface area contributed by atoms with Gasteiger partial charge < -0.3 is 9.84 Å². The second-order valence-electron chi connectivity index (χ2n) is 5.50. The maximum absolute atomic E-state index is 12.0. The molecule has 1 heterocycles. The van der Waals surface area contributed by atoms with Crippen molar-refractivity contribution in [1.29, 1.82) is 0 Å². The molecule has 0 unspecified atom stereocenters. The lowest BCUT2D eigenvalue weighted by molar-refractivity contribution is 0.0262. The molecule has 19 heavy (non-hydrogen) atoms. The molecule has 0 atom stereocenters. The van der Waals surface area contributed by atoms with E-state index in [1.807, 2.05) is 6.92 Å². The van der Waals surface area contributed by atoms with Gasteiger partial charge in [-0.3, -0.25) is 4.90 Å². The van der Waals surface area contributed by atoms with E-state index < -0.39 is 15.6 Å². The maximum Gasteiger partial charge on any atom is 0.216 e. The topological polar surface area (TPSA) is 70.1 Å². The Morgan fingerprint density at radius 2 is 1.79 bits per heavy atom. The fourth-order valence-electron chi connectivity index (χ4n) is 2.15. The number of nitrogens with zero attached hydrogens (tertiary/aromatic N) is 2. The van der Waals surface area contributed by atoms with Crippen molar-refractivity contribution in [2.75, 3.05) is 51.7 Å². The van der Waals surface area contributed by atoms with Crippen molar-refractivity contribution in [3.63, 3.8) is 0 Å². The Hall–Kier alpha value is -0.210. The van der Waals surface area contributed by atoms with Crippen molar-refractivity contribution in [2.45, 2.75) is 26.4 Å².